The van der Waals surface area contributed by atoms with Crippen LogP contribution in [0, 0.1) is 0 Å². The van der Waals surface area contributed by atoms with E-state index in [1.165, 1.54) is 0 Å². The number of thiocarbonyl (C=S) groups is 1. The zero-order valence-electron chi connectivity index (χ0n) is 12.1. The van der Waals surface area contributed by atoms with E-state index in [1.54, 1.807) is 18.0 Å². The molecule has 0 unspecified atom stereocenters. The molecule has 21 heavy (non-hydrogen) atoms. The molecule has 0 aromatic carbocycles. The molecular formula is C14H21N3O2S2. The molecule has 0 amide bonds. The zero-order valence-corrected chi connectivity index (χ0v) is 13.7. The molecule has 0 spiro atoms. The third kappa shape index (κ3) is 4.43. The van der Waals surface area contributed by atoms with Gasteiger partial charge in [0, 0.05) is 26.2 Å². The molecule has 1 aromatic heterocycles. The van der Waals surface area contributed by atoms with Crippen LogP contribution < -0.4 is 0 Å². The van der Waals surface area contributed by atoms with Gasteiger partial charge in [0.15, 0.2) is 0 Å². The summed E-state index contributed by atoms with van der Waals surface area (Å²) in [5.41, 5.74) is 0. The summed E-state index contributed by atoms with van der Waals surface area (Å²) >= 11 is 7.20. The standard InChI is InChI=1S/C14H21N3O2S2/c20-14-17(10-13-2-1-7-19-13)11-16(12-21-14)4-3-15-5-8-18-9-6-15/h1-2,7H,3-6,8-12H2. The van der Waals surface area contributed by atoms with Gasteiger partial charge in [-0.05, 0) is 12.1 Å². The lowest BCUT2D eigenvalue weighted by Crippen LogP contribution is -2.48. The summed E-state index contributed by atoms with van der Waals surface area (Å²) in [4.78, 5) is 7.12. The van der Waals surface area contributed by atoms with E-state index in [0.717, 1.165) is 68.6 Å². The lowest BCUT2D eigenvalue weighted by atomic mass is 10.4. The van der Waals surface area contributed by atoms with Gasteiger partial charge in [-0.1, -0.05) is 24.0 Å². The Balaban J connectivity index is 1.47. The smallest absolute Gasteiger partial charge is 0.139 e. The topological polar surface area (TPSA) is 32.1 Å². The average molecular weight is 327 g/mol. The third-order valence-corrected chi connectivity index (χ3v) is 5.37. The molecule has 0 saturated carbocycles. The van der Waals surface area contributed by atoms with E-state index in [4.69, 9.17) is 21.4 Å². The molecular weight excluding hydrogens is 306 g/mol. The first-order valence-corrected chi connectivity index (χ1v) is 8.67. The van der Waals surface area contributed by atoms with Crippen LogP contribution >= 0.6 is 24.0 Å². The van der Waals surface area contributed by atoms with Crippen molar-refractivity contribution in [2.24, 2.45) is 0 Å². The molecule has 0 bridgehead atoms. The normalized spacial score (nSPS) is 21.9. The molecule has 0 aliphatic carbocycles. The molecule has 2 fully saturated rings. The number of thioether (sulfide) groups is 1. The first-order valence-electron chi connectivity index (χ1n) is 7.28. The molecule has 0 N–H and O–H groups in total. The predicted octanol–water partition coefficient (Wildman–Crippen LogP) is 1.66. The SMILES string of the molecule is S=C1SCN(CCN2CCOCC2)CN1Cc1ccco1. The summed E-state index contributed by atoms with van der Waals surface area (Å²) < 4.78 is 11.8. The molecule has 2 aliphatic rings. The highest BCUT2D eigenvalue weighted by atomic mass is 32.2. The molecule has 0 atom stereocenters. The lowest BCUT2D eigenvalue weighted by molar-refractivity contribution is 0.0323. The Kier molecular flexibility index (Phi) is 5.54. The van der Waals surface area contributed by atoms with Crippen molar-refractivity contribution in [3.63, 3.8) is 0 Å². The summed E-state index contributed by atoms with van der Waals surface area (Å²) in [5.74, 6) is 1.95. The van der Waals surface area contributed by atoms with E-state index in [9.17, 15) is 0 Å². The van der Waals surface area contributed by atoms with Crippen LogP contribution in [0.2, 0.25) is 0 Å². The number of hydrogen-bond acceptors (Lipinski definition) is 6. The van der Waals surface area contributed by atoms with Gasteiger partial charge < -0.3 is 14.1 Å². The van der Waals surface area contributed by atoms with Crippen LogP contribution in [-0.4, -0.2) is 71.0 Å². The Hall–Kier alpha value is -0.600. The molecule has 7 heteroatoms. The van der Waals surface area contributed by atoms with Crippen LogP contribution in [0.25, 0.3) is 0 Å². The minimum absolute atomic E-state index is 0.757. The van der Waals surface area contributed by atoms with E-state index in [2.05, 4.69) is 14.7 Å². The van der Waals surface area contributed by atoms with E-state index in [1.807, 2.05) is 12.1 Å². The third-order valence-electron chi connectivity index (χ3n) is 3.76. The van der Waals surface area contributed by atoms with Gasteiger partial charge in [0.2, 0.25) is 0 Å². The van der Waals surface area contributed by atoms with Crippen molar-refractivity contribution in [2.75, 3.05) is 51.9 Å². The maximum Gasteiger partial charge on any atom is 0.139 e. The van der Waals surface area contributed by atoms with E-state index in [-0.39, 0.29) is 0 Å². The summed E-state index contributed by atoms with van der Waals surface area (Å²) in [7, 11) is 0. The minimum Gasteiger partial charge on any atom is -0.467 e. The van der Waals surface area contributed by atoms with Crippen LogP contribution in [0.3, 0.4) is 0 Å². The fraction of sp³-hybridized carbons (Fsp3) is 0.643. The Morgan fingerprint density at radius 2 is 2.00 bits per heavy atom. The number of nitrogens with zero attached hydrogens (tertiary/aromatic N) is 3. The van der Waals surface area contributed by atoms with Gasteiger partial charge >= 0.3 is 0 Å². The highest BCUT2D eigenvalue weighted by molar-refractivity contribution is 8.22. The molecule has 5 nitrogen and oxygen atoms in total. The summed E-state index contributed by atoms with van der Waals surface area (Å²) in [5, 5.41) is 0. The van der Waals surface area contributed by atoms with Crippen LogP contribution in [0.5, 0.6) is 0 Å². The summed E-state index contributed by atoms with van der Waals surface area (Å²) in [6, 6.07) is 3.92. The van der Waals surface area contributed by atoms with E-state index >= 15 is 0 Å². The second kappa shape index (κ2) is 7.60. The summed E-state index contributed by atoms with van der Waals surface area (Å²) in [6.07, 6.45) is 1.71. The minimum atomic E-state index is 0.757. The van der Waals surface area contributed by atoms with Gasteiger partial charge in [-0.15, -0.1) is 0 Å². The van der Waals surface area contributed by atoms with Gasteiger partial charge in [0.25, 0.3) is 0 Å². The molecule has 0 radical (unpaired) electrons. The summed E-state index contributed by atoms with van der Waals surface area (Å²) in [6.45, 7) is 7.65. The lowest BCUT2D eigenvalue weighted by Gasteiger charge is -2.37. The zero-order chi connectivity index (χ0) is 14.5. The second-order valence-corrected chi connectivity index (χ2v) is 6.89. The quantitative estimate of drug-likeness (QED) is 0.761. The Labute approximate surface area is 135 Å². The highest BCUT2D eigenvalue weighted by Gasteiger charge is 2.23. The van der Waals surface area contributed by atoms with Gasteiger partial charge in [-0.3, -0.25) is 9.80 Å². The monoisotopic (exact) mass is 327 g/mol. The fourth-order valence-corrected chi connectivity index (χ4v) is 3.61. The van der Waals surface area contributed by atoms with Crippen molar-refractivity contribution < 1.29 is 9.15 Å². The largest absolute Gasteiger partial charge is 0.467 e. The molecule has 1 aromatic rings. The highest BCUT2D eigenvalue weighted by Crippen LogP contribution is 2.21. The molecule has 3 heterocycles. The second-order valence-electron chi connectivity index (χ2n) is 5.31. The molecule has 2 aliphatic heterocycles. The van der Waals surface area contributed by atoms with Gasteiger partial charge in [0.05, 0.1) is 38.6 Å². The van der Waals surface area contributed by atoms with Crippen LogP contribution in [-0.2, 0) is 11.3 Å². The predicted molar refractivity (Wildman–Crippen MR) is 88.1 cm³/mol. The number of morpholine rings is 1. The van der Waals surface area contributed by atoms with E-state index < -0.39 is 0 Å². The Bertz CT molecular complexity index is 449. The number of ether oxygens (including phenoxy) is 1. The first kappa shape index (κ1) is 15.3. The fourth-order valence-electron chi connectivity index (χ4n) is 2.53. The van der Waals surface area contributed by atoms with Crippen molar-refractivity contribution in [2.45, 2.75) is 6.54 Å². The Morgan fingerprint density at radius 1 is 1.19 bits per heavy atom. The van der Waals surface area contributed by atoms with Gasteiger partial charge in [-0.25, -0.2) is 0 Å². The maximum absolute atomic E-state index is 5.46. The van der Waals surface area contributed by atoms with Crippen LogP contribution in [0.4, 0.5) is 0 Å². The number of hydrogen-bond donors (Lipinski definition) is 0. The van der Waals surface area contributed by atoms with Gasteiger partial charge in [-0.2, -0.15) is 0 Å². The average Bonchev–Trinajstić information content (AvgIpc) is 3.02. The molecule has 116 valence electrons. The van der Waals surface area contributed by atoms with Crippen molar-refractivity contribution in [1.82, 2.24) is 14.7 Å². The Morgan fingerprint density at radius 3 is 2.76 bits per heavy atom. The first-order chi connectivity index (χ1) is 10.3. The van der Waals surface area contributed by atoms with Crippen LogP contribution in [0.1, 0.15) is 5.76 Å². The van der Waals surface area contributed by atoms with Crippen molar-refractivity contribution in [1.29, 1.82) is 0 Å². The molecule has 3 rings (SSSR count). The van der Waals surface area contributed by atoms with Crippen molar-refractivity contribution in [3.8, 4) is 0 Å². The van der Waals surface area contributed by atoms with Crippen molar-refractivity contribution >= 4 is 28.3 Å². The molecule has 2 saturated heterocycles. The van der Waals surface area contributed by atoms with Gasteiger partial charge in [0.1, 0.15) is 10.1 Å². The van der Waals surface area contributed by atoms with Crippen molar-refractivity contribution in [3.05, 3.63) is 24.2 Å². The van der Waals surface area contributed by atoms with E-state index in [0.29, 0.717) is 0 Å². The van der Waals surface area contributed by atoms with Crippen LogP contribution in [0.15, 0.2) is 22.8 Å². The number of rotatable bonds is 5. The maximum atomic E-state index is 5.46. The number of furan rings is 1.